The summed E-state index contributed by atoms with van der Waals surface area (Å²) >= 11 is 1.37. The Morgan fingerprint density at radius 3 is 2.77 bits per heavy atom. The summed E-state index contributed by atoms with van der Waals surface area (Å²) in [5, 5.41) is 4.73. The minimum absolute atomic E-state index is 0.0183. The van der Waals surface area contributed by atoms with Gasteiger partial charge in [-0.3, -0.25) is 14.5 Å². The lowest BCUT2D eigenvalue weighted by Crippen LogP contribution is -2.35. The van der Waals surface area contributed by atoms with Gasteiger partial charge in [0.05, 0.1) is 24.6 Å². The van der Waals surface area contributed by atoms with Crippen molar-refractivity contribution in [1.82, 2.24) is 9.80 Å². The summed E-state index contributed by atoms with van der Waals surface area (Å²) in [6.45, 7) is 4.23. The van der Waals surface area contributed by atoms with Gasteiger partial charge in [-0.1, -0.05) is 18.2 Å². The van der Waals surface area contributed by atoms with E-state index in [-0.39, 0.29) is 18.4 Å². The molecule has 2 aromatic rings. The highest BCUT2D eigenvalue weighted by Crippen LogP contribution is 2.14. The zero-order chi connectivity index (χ0) is 18.4. The number of benzene rings is 1. The predicted octanol–water partition coefficient (Wildman–Crippen LogP) is 2.29. The molecule has 1 saturated heterocycles. The molecule has 0 aliphatic carbocycles. The highest BCUT2D eigenvalue weighted by atomic mass is 32.1. The van der Waals surface area contributed by atoms with E-state index < -0.39 is 0 Å². The summed E-state index contributed by atoms with van der Waals surface area (Å²) < 4.78 is 5.37. The third-order valence-electron chi connectivity index (χ3n) is 4.18. The van der Waals surface area contributed by atoms with Gasteiger partial charge in [-0.25, -0.2) is 0 Å². The van der Waals surface area contributed by atoms with Gasteiger partial charge >= 0.3 is 0 Å². The van der Waals surface area contributed by atoms with Crippen molar-refractivity contribution < 1.29 is 14.3 Å². The first-order valence-corrected chi connectivity index (χ1v) is 9.47. The van der Waals surface area contributed by atoms with E-state index in [1.165, 1.54) is 16.2 Å². The van der Waals surface area contributed by atoms with Gasteiger partial charge < -0.3 is 15.0 Å². The highest BCUT2D eigenvalue weighted by molar-refractivity contribution is 7.12. The molecule has 0 bridgehead atoms. The number of likely N-dealkylation sites (N-methyl/N-ethyl adjacent to an activating group) is 1. The molecule has 3 rings (SSSR count). The first kappa shape index (κ1) is 18.6. The van der Waals surface area contributed by atoms with Crippen molar-refractivity contribution in [1.29, 1.82) is 0 Å². The monoisotopic (exact) mass is 373 g/mol. The summed E-state index contributed by atoms with van der Waals surface area (Å²) in [7, 11) is 1.64. The average Bonchev–Trinajstić information content (AvgIpc) is 3.16. The van der Waals surface area contributed by atoms with Crippen molar-refractivity contribution in [3.05, 3.63) is 52.2 Å². The Hall–Kier alpha value is -2.22. The lowest BCUT2D eigenvalue weighted by Gasteiger charge is -2.26. The maximum absolute atomic E-state index is 12.3. The van der Waals surface area contributed by atoms with E-state index in [9.17, 15) is 9.59 Å². The fraction of sp³-hybridized carbons (Fsp3) is 0.368. The van der Waals surface area contributed by atoms with Crippen LogP contribution in [0.5, 0.6) is 0 Å². The number of carbonyl (C=O) groups excluding carboxylic acids is 2. The molecule has 0 saturated carbocycles. The van der Waals surface area contributed by atoms with Gasteiger partial charge in [-0.2, -0.15) is 0 Å². The third-order valence-corrected chi connectivity index (χ3v) is 5.04. The Kier molecular flexibility index (Phi) is 6.38. The van der Waals surface area contributed by atoms with Gasteiger partial charge in [0.2, 0.25) is 5.91 Å². The second-order valence-corrected chi connectivity index (χ2v) is 7.22. The van der Waals surface area contributed by atoms with Gasteiger partial charge in [-0.15, -0.1) is 11.3 Å². The summed E-state index contributed by atoms with van der Waals surface area (Å²) in [6.07, 6.45) is 0. The summed E-state index contributed by atoms with van der Waals surface area (Å²) in [4.78, 5) is 28.9. The molecule has 26 heavy (non-hydrogen) atoms. The molecule has 6 nitrogen and oxygen atoms in total. The first-order valence-electron chi connectivity index (χ1n) is 8.59. The van der Waals surface area contributed by atoms with Crippen LogP contribution < -0.4 is 5.32 Å². The quantitative estimate of drug-likeness (QED) is 0.844. The van der Waals surface area contributed by atoms with Crippen LogP contribution in [0.15, 0.2) is 41.8 Å². The molecule has 0 radical (unpaired) electrons. The number of nitrogens with zero attached hydrogens (tertiary/aromatic N) is 2. The Morgan fingerprint density at radius 1 is 1.23 bits per heavy atom. The first-order chi connectivity index (χ1) is 12.6. The highest BCUT2D eigenvalue weighted by Gasteiger charge is 2.16. The largest absolute Gasteiger partial charge is 0.379 e. The molecule has 1 aliphatic heterocycles. The Bertz CT molecular complexity index is 742. The molecule has 2 heterocycles. The van der Waals surface area contributed by atoms with Crippen LogP contribution in [-0.2, 0) is 16.1 Å². The third kappa shape index (κ3) is 5.14. The fourth-order valence-electron chi connectivity index (χ4n) is 2.84. The van der Waals surface area contributed by atoms with Gasteiger partial charge in [0.1, 0.15) is 0 Å². The Morgan fingerprint density at radius 2 is 2.04 bits per heavy atom. The van der Waals surface area contributed by atoms with E-state index in [4.69, 9.17) is 4.74 Å². The van der Waals surface area contributed by atoms with Crippen molar-refractivity contribution in [2.75, 3.05) is 45.2 Å². The molecule has 1 aliphatic rings. The second-order valence-electron chi connectivity index (χ2n) is 6.28. The van der Waals surface area contributed by atoms with E-state index in [1.807, 2.05) is 29.6 Å². The molecule has 0 atom stereocenters. The molecule has 2 amide bonds. The number of anilines is 1. The molecule has 1 fully saturated rings. The van der Waals surface area contributed by atoms with Gasteiger partial charge in [0, 0.05) is 32.4 Å². The normalized spacial score (nSPS) is 14.8. The van der Waals surface area contributed by atoms with Gasteiger partial charge in [0.15, 0.2) is 0 Å². The molecule has 7 heteroatoms. The van der Waals surface area contributed by atoms with Crippen molar-refractivity contribution in [2.45, 2.75) is 6.54 Å². The molecule has 138 valence electrons. The smallest absolute Gasteiger partial charge is 0.264 e. The number of nitrogens with one attached hydrogen (secondary N) is 1. The number of hydrogen-bond acceptors (Lipinski definition) is 5. The van der Waals surface area contributed by atoms with Crippen LogP contribution in [0.25, 0.3) is 0 Å². The van der Waals surface area contributed by atoms with Crippen LogP contribution in [0.3, 0.4) is 0 Å². The maximum atomic E-state index is 12.3. The molecular formula is C19H23N3O3S. The Labute approximate surface area is 157 Å². The molecule has 0 spiro atoms. The van der Waals surface area contributed by atoms with Crippen LogP contribution in [-0.4, -0.2) is 61.5 Å². The standard InChI is InChI=1S/C19H23N3O3S/c1-21(19(24)17-6-3-11-26-17)14-18(23)20-16-5-2-4-15(12-16)13-22-7-9-25-10-8-22/h2-6,11-12H,7-10,13-14H2,1H3,(H,20,23). The van der Waals surface area contributed by atoms with Crippen molar-refractivity contribution >= 4 is 28.8 Å². The SMILES string of the molecule is CN(CC(=O)Nc1cccc(CN2CCOCC2)c1)C(=O)c1cccs1. The number of amides is 2. The van der Waals surface area contributed by atoms with E-state index in [1.54, 1.807) is 13.1 Å². The lowest BCUT2D eigenvalue weighted by atomic mass is 10.2. The molecule has 1 aromatic heterocycles. The summed E-state index contributed by atoms with van der Waals surface area (Å²) in [5.74, 6) is -0.350. The van der Waals surface area contributed by atoms with Crippen molar-refractivity contribution in [3.63, 3.8) is 0 Å². The average molecular weight is 373 g/mol. The zero-order valence-corrected chi connectivity index (χ0v) is 15.6. The molecular weight excluding hydrogens is 350 g/mol. The van der Waals surface area contributed by atoms with E-state index in [2.05, 4.69) is 16.3 Å². The number of rotatable bonds is 6. The van der Waals surface area contributed by atoms with Crippen LogP contribution in [0.4, 0.5) is 5.69 Å². The number of ether oxygens (including phenoxy) is 1. The maximum Gasteiger partial charge on any atom is 0.264 e. The number of thiophene rings is 1. The molecule has 0 unspecified atom stereocenters. The molecule has 1 aromatic carbocycles. The number of carbonyl (C=O) groups is 2. The minimum atomic E-state index is -0.207. The van der Waals surface area contributed by atoms with Crippen molar-refractivity contribution in [2.24, 2.45) is 0 Å². The second kappa shape index (κ2) is 8.93. The van der Waals surface area contributed by atoms with Crippen LogP contribution in [0.2, 0.25) is 0 Å². The van der Waals surface area contributed by atoms with Gasteiger partial charge in [0.25, 0.3) is 5.91 Å². The van der Waals surface area contributed by atoms with Crippen LogP contribution >= 0.6 is 11.3 Å². The number of hydrogen-bond donors (Lipinski definition) is 1. The summed E-state index contributed by atoms with van der Waals surface area (Å²) in [6, 6.07) is 11.4. The van der Waals surface area contributed by atoms with Crippen molar-refractivity contribution in [3.8, 4) is 0 Å². The topological polar surface area (TPSA) is 61.9 Å². The van der Waals surface area contributed by atoms with Crippen LogP contribution in [0.1, 0.15) is 15.2 Å². The Balaban J connectivity index is 1.53. The van der Waals surface area contributed by atoms with E-state index >= 15 is 0 Å². The van der Waals surface area contributed by atoms with E-state index in [0.717, 1.165) is 44.1 Å². The minimum Gasteiger partial charge on any atom is -0.379 e. The number of morpholine rings is 1. The zero-order valence-electron chi connectivity index (χ0n) is 14.8. The van der Waals surface area contributed by atoms with Crippen LogP contribution in [0, 0.1) is 0 Å². The predicted molar refractivity (Wildman–Crippen MR) is 102 cm³/mol. The van der Waals surface area contributed by atoms with Gasteiger partial charge in [-0.05, 0) is 29.1 Å². The molecule has 1 N–H and O–H groups in total. The summed E-state index contributed by atoms with van der Waals surface area (Å²) in [5.41, 5.74) is 1.89. The lowest BCUT2D eigenvalue weighted by molar-refractivity contribution is -0.116. The van der Waals surface area contributed by atoms with E-state index in [0.29, 0.717) is 4.88 Å². The fourth-order valence-corrected chi connectivity index (χ4v) is 3.56.